The Bertz CT molecular complexity index is 1180. The highest BCUT2D eigenvalue weighted by atomic mass is 35.5. The third-order valence-corrected chi connectivity index (χ3v) is 4.77. The van der Waals surface area contributed by atoms with Gasteiger partial charge in [-0.2, -0.15) is 15.2 Å². The van der Waals surface area contributed by atoms with Crippen LogP contribution in [0.15, 0.2) is 30.5 Å². The molecule has 0 aliphatic carbocycles. The predicted octanol–water partition coefficient (Wildman–Crippen LogP) is 4.96. The number of nitrogens with zero attached hydrogens (tertiary/aromatic N) is 4. The molecular weight excluding hydrogens is 388 g/mol. The summed E-state index contributed by atoms with van der Waals surface area (Å²) in [7, 11) is 0. The van der Waals surface area contributed by atoms with E-state index in [1.54, 1.807) is 6.20 Å². The molecule has 0 atom stereocenters. The monoisotopic (exact) mass is 408 g/mol. The smallest absolute Gasteiger partial charge is 0.229 e. The van der Waals surface area contributed by atoms with E-state index in [0.29, 0.717) is 22.6 Å². The summed E-state index contributed by atoms with van der Waals surface area (Å²) in [6, 6.07) is 8.08. The largest absolute Gasteiger partial charge is 0.324 e. The summed E-state index contributed by atoms with van der Waals surface area (Å²) >= 11 is 6.24. The number of H-pyrrole nitrogens is 2. The van der Waals surface area contributed by atoms with Crippen molar-refractivity contribution in [1.82, 2.24) is 30.4 Å². The Hall–Kier alpha value is -3.39. The highest BCUT2D eigenvalue weighted by molar-refractivity contribution is 6.32. The molecule has 0 spiro atoms. The molecule has 0 unspecified atom stereocenters. The Kier molecular flexibility index (Phi) is 4.94. The molecule has 0 aliphatic rings. The average molecular weight is 409 g/mol. The Morgan fingerprint density at radius 3 is 2.31 bits per heavy atom. The van der Waals surface area contributed by atoms with Crippen LogP contribution in [0.5, 0.6) is 0 Å². The third-order valence-electron chi connectivity index (χ3n) is 4.50. The summed E-state index contributed by atoms with van der Waals surface area (Å²) in [6.45, 7) is 8.00. The van der Waals surface area contributed by atoms with Crippen molar-refractivity contribution in [3.05, 3.63) is 58.0 Å². The lowest BCUT2D eigenvalue weighted by Gasteiger charge is -2.13. The van der Waals surface area contributed by atoms with Crippen LogP contribution in [0.3, 0.4) is 0 Å². The lowest BCUT2D eigenvalue weighted by molar-refractivity contribution is 1.05. The molecule has 4 N–H and O–H groups in total. The molecule has 8 nitrogen and oxygen atoms in total. The first-order chi connectivity index (χ1) is 13.9. The van der Waals surface area contributed by atoms with E-state index < -0.39 is 0 Å². The van der Waals surface area contributed by atoms with Gasteiger partial charge in [0.1, 0.15) is 5.02 Å². The fourth-order valence-corrected chi connectivity index (χ4v) is 3.16. The van der Waals surface area contributed by atoms with Gasteiger partial charge in [-0.05, 0) is 57.0 Å². The van der Waals surface area contributed by atoms with Gasteiger partial charge in [0.15, 0.2) is 11.6 Å². The van der Waals surface area contributed by atoms with Crippen molar-refractivity contribution in [2.75, 3.05) is 10.6 Å². The second-order valence-electron chi connectivity index (χ2n) is 6.99. The Morgan fingerprint density at radius 2 is 1.62 bits per heavy atom. The maximum atomic E-state index is 6.24. The molecule has 9 heteroatoms. The number of anilines is 4. The number of halogens is 1. The molecule has 0 aliphatic heterocycles. The maximum Gasteiger partial charge on any atom is 0.229 e. The molecular formula is C20H21ClN8. The van der Waals surface area contributed by atoms with Gasteiger partial charge in [0.05, 0.1) is 11.9 Å². The molecule has 1 aromatic carbocycles. The summed E-state index contributed by atoms with van der Waals surface area (Å²) in [5, 5.41) is 21.2. The number of aryl methyl sites for hydroxylation is 4. The first-order valence-corrected chi connectivity index (χ1v) is 9.49. The van der Waals surface area contributed by atoms with Crippen molar-refractivity contribution < 1.29 is 0 Å². The van der Waals surface area contributed by atoms with Gasteiger partial charge in [0.2, 0.25) is 5.95 Å². The lowest BCUT2D eigenvalue weighted by Crippen LogP contribution is -2.03. The Balaban J connectivity index is 1.60. The quantitative estimate of drug-likeness (QED) is 0.371. The van der Waals surface area contributed by atoms with E-state index >= 15 is 0 Å². The van der Waals surface area contributed by atoms with E-state index in [-0.39, 0.29) is 0 Å². The lowest BCUT2D eigenvalue weighted by atomic mass is 10.0. The van der Waals surface area contributed by atoms with Crippen LogP contribution >= 0.6 is 11.6 Å². The highest BCUT2D eigenvalue weighted by Crippen LogP contribution is 2.30. The molecule has 29 heavy (non-hydrogen) atoms. The first-order valence-electron chi connectivity index (χ1n) is 9.11. The molecule has 0 bridgehead atoms. The zero-order chi connectivity index (χ0) is 20.5. The van der Waals surface area contributed by atoms with Crippen molar-refractivity contribution in [3.8, 4) is 11.3 Å². The summed E-state index contributed by atoms with van der Waals surface area (Å²) < 4.78 is 0. The van der Waals surface area contributed by atoms with E-state index in [1.807, 2.05) is 32.9 Å². The molecule has 3 heterocycles. The number of benzene rings is 1. The molecule has 4 aromatic rings. The third kappa shape index (κ3) is 4.07. The van der Waals surface area contributed by atoms with E-state index in [0.717, 1.165) is 39.5 Å². The van der Waals surface area contributed by atoms with Crippen molar-refractivity contribution >= 4 is 34.9 Å². The predicted molar refractivity (Wildman–Crippen MR) is 115 cm³/mol. The van der Waals surface area contributed by atoms with Crippen LogP contribution in [0, 0.1) is 27.7 Å². The highest BCUT2D eigenvalue weighted by Gasteiger charge is 2.12. The van der Waals surface area contributed by atoms with E-state index in [4.69, 9.17) is 11.6 Å². The van der Waals surface area contributed by atoms with Gasteiger partial charge in [-0.25, -0.2) is 4.98 Å². The van der Waals surface area contributed by atoms with Crippen LogP contribution in [0.2, 0.25) is 5.02 Å². The van der Waals surface area contributed by atoms with Gasteiger partial charge in [0.25, 0.3) is 0 Å². The van der Waals surface area contributed by atoms with Crippen molar-refractivity contribution in [1.29, 1.82) is 0 Å². The number of aromatic nitrogens is 6. The number of rotatable bonds is 5. The zero-order valence-electron chi connectivity index (χ0n) is 16.6. The van der Waals surface area contributed by atoms with Gasteiger partial charge < -0.3 is 10.6 Å². The van der Waals surface area contributed by atoms with Gasteiger partial charge >= 0.3 is 0 Å². The molecule has 0 radical (unpaired) electrons. The first kappa shape index (κ1) is 18.9. The molecule has 148 valence electrons. The molecule has 0 amide bonds. The van der Waals surface area contributed by atoms with Crippen LogP contribution in [0.25, 0.3) is 11.3 Å². The fraction of sp³-hybridized carbons (Fsp3) is 0.200. The zero-order valence-corrected chi connectivity index (χ0v) is 17.3. The summed E-state index contributed by atoms with van der Waals surface area (Å²) in [5.41, 5.74) is 7.06. The van der Waals surface area contributed by atoms with Crippen LogP contribution in [-0.4, -0.2) is 30.4 Å². The molecule has 3 aromatic heterocycles. The second-order valence-corrected chi connectivity index (χ2v) is 7.40. The van der Waals surface area contributed by atoms with Crippen LogP contribution in [0.1, 0.15) is 22.5 Å². The van der Waals surface area contributed by atoms with Crippen molar-refractivity contribution in [2.45, 2.75) is 27.7 Å². The topological polar surface area (TPSA) is 107 Å². The van der Waals surface area contributed by atoms with Crippen LogP contribution in [-0.2, 0) is 0 Å². The summed E-state index contributed by atoms with van der Waals surface area (Å²) in [5.74, 6) is 1.56. The van der Waals surface area contributed by atoms with Gasteiger partial charge in [-0.15, -0.1) is 0 Å². The van der Waals surface area contributed by atoms with Crippen molar-refractivity contribution in [3.63, 3.8) is 0 Å². The van der Waals surface area contributed by atoms with Gasteiger partial charge in [-0.1, -0.05) is 11.6 Å². The minimum absolute atomic E-state index is 0.411. The van der Waals surface area contributed by atoms with Crippen LogP contribution < -0.4 is 10.6 Å². The Labute approximate surface area is 173 Å². The minimum atomic E-state index is 0.411. The molecule has 0 saturated heterocycles. The van der Waals surface area contributed by atoms with Crippen molar-refractivity contribution in [2.24, 2.45) is 0 Å². The Morgan fingerprint density at radius 1 is 0.862 bits per heavy atom. The maximum absolute atomic E-state index is 6.24. The molecule has 4 rings (SSSR count). The van der Waals surface area contributed by atoms with E-state index in [9.17, 15) is 0 Å². The number of hydrogen-bond donors (Lipinski definition) is 4. The summed E-state index contributed by atoms with van der Waals surface area (Å²) in [6.07, 6.45) is 1.56. The van der Waals surface area contributed by atoms with Gasteiger partial charge in [-0.3, -0.25) is 10.2 Å². The molecule has 0 saturated carbocycles. The number of aromatic amines is 2. The fourth-order valence-electron chi connectivity index (χ4n) is 3.02. The second kappa shape index (κ2) is 7.56. The number of hydrogen-bond acceptors (Lipinski definition) is 6. The minimum Gasteiger partial charge on any atom is -0.324 e. The van der Waals surface area contributed by atoms with Gasteiger partial charge in [0, 0.05) is 28.7 Å². The van der Waals surface area contributed by atoms with E-state index in [2.05, 4.69) is 60.1 Å². The number of nitrogens with one attached hydrogen (secondary N) is 4. The normalized spacial score (nSPS) is 10.9. The average Bonchev–Trinajstić information content (AvgIpc) is 3.29. The summed E-state index contributed by atoms with van der Waals surface area (Å²) in [4.78, 5) is 8.79. The van der Waals surface area contributed by atoms with E-state index in [1.165, 1.54) is 0 Å². The SMILES string of the molecule is Cc1cc(Nc2nc(Nc3cc(C)c(-c4cc(C)[nH]n4)cc3C)ncc2Cl)n[nH]1. The standard InChI is InChI=1S/C20H21ClN8/c1-10-6-16(11(2)5-14(10)17-7-12(3)26-28-17)23-20-22-9-15(21)19(25-20)24-18-8-13(4)27-29-18/h5-9H,1-4H3,(H,26,28)(H3,22,23,24,25,27,29). The van der Waals surface area contributed by atoms with Crippen LogP contribution in [0.4, 0.5) is 23.3 Å². The molecule has 0 fully saturated rings.